The second-order valence-electron chi connectivity index (χ2n) is 37.4. The summed E-state index contributed by atoms with van der Waals surface area (Å²) in [6.07, 6.45) is 16.1. The first-order chi connectivity index (χ1) is 39.9. The maximum absolute atomic E-state index is 5.64. The molecule has 0 aliphatic carbocycles. The Hall–Kier alpha value is -3.42. The number of nitrogens with one attached hydrogen (secondary N) is 6. The average molecular weight is 1230 g/mol. The van der Waals surface area contributed by atoms with Crippen LogP contribution < -0.4 is 61.3 Å². The monoisotopic (exact) mass is 1230 g/mol. The summed E-state index contributed by atoms with van der Waals surface area (Å²) in [5.41, 5.74) is -0.568. The van der Waals surface area contributed by atoms with Crippen LogP contribution in [0.15, 0.2) is 0 Å². The van der Waals surface area contributed by atoms with Crippen molar-refractivity contribution in [1.29, 1.82) is 0 Å². The normalized spacial score (nSPS) is 26.5. The minimum absolute atomic E-state index is 0.0347. The van der Waals surface area contributed by atoms with E-state index in [9.17, 15) is 0 Å². The summed E-state index contributed by atoms with van der Waals surface area (Å²) in [5, 5.41) is 23.8. The van der Waals surface area contributed by atoms with Crippen LogP contribution in [0.5, 0.6) is 0 Å². The summed E-state index contributed by atoms with van der Waals surface area (Å²) < 4.78 is 0. The maximum atomic E-state index is 5.64. The fourth-order valence-corrected chi connectivity index (χ4v) is 19.2. The fourth-order valence-electron chi connectivity index (χ4n) is 19.2. The Morgan fingerprint density at radius 3 is 0.557 bits per heavy atom. The zero-order chi connectivity index (χ0) is 65.6. The number of hydrogen-bond donors (Lipinski definition) is 6. The predicted molar refractivity (Wildman–Crippen MR) is 372 cm³/mol. The van der Waals surface area contributed by atoms with E-state index in [1.807, 2.05) is 0 Å². The van der Waals surface area contributed by atoms with E-state index in [1.165, 1.54) is 0 Å². The van der Waals surface area contributed by atoms with Crippen molar-refractivity contribution in [3.05, 3.63) is 0 Å². The molecule has 88 heavy (non-hydrogen) atoms. The highest BCUT2D eigenvalue weighted by Gasteiger charge is 2.47. The van der Waals surface area contributed by atoms with E-state index < -0.39 is 0 Å². The van der Waals surface area contributed by atoms with Crippen molar-refractivity contribution in [2.75, 3.05) is 70.7 Å². The third-order valence-electron chi connectivity index (χ3n) is 20.6. The van der Waals surface area contributed by atoms with Gasteiger partial charge in [0.2, 0.25) is 35.7 Å². The lowest BCUT2D eigenvalue weighted by Gasteiger charge is -2.50. The Kier molecular flexibility index (Phi) is 19.6. The number of anilines is 6. The predicted octanol–water partition coefficient (Wildman–Crippen LogP) is 11.5. The zero-order valence-electron chi connectivity index (χ0n) is 61.6. The van der Waals surface area contributed by atoms with Gasteiger partial charge in [-0.05, 0) is 256 Å². The van der Waals surface area contributed by atoms with Crippen LogP contribution in [-0.2, 0) is 0 Å². The molecular weight excluding hydrogens is 1090 g/mol. The summed E-state index contributed by atoms with van der Waals surface area (Å²) in [7, 11) is 8.94. The van der Waals surface area contributed by atoms with Gasteiger partial charge in [-0.2, -0.15) is 29.9 Å². The van der Waals surface area contributed by atoms with Gasteiger partial charge in [-0.3, -0.25) is 0 Å². The summed E-state index contributed by atoms with van der Waals surface area (Å²) >= 11 is 0. The molecule has 0 amide bonds. The standard InChI is InChI=1S/C70H132N18/c1-59(2)35-47(36-60(3,4)77-59)83(25)53-71-54(84(26)48-37-61(5,6)78-62(7,8)38-48)74-57(73-53)87(51-43-67(17,18)81-68(19,20)44-51)33-31-29-30-32-34-88(52-45-69(21,22)82-70(23,24)46-52)58-75-55(85(27)49-39-63(9,10)79-64(11,12)40-49)72-56(76-58)86(28)50-41-65(13,14)80-66(15,16)42-50/h47-52,77-82H,29-46H2,1-28H3. The van der Waals surface area contributed by atoms with Gasteiger partial charge in [-0.1, -0.05) is 12.8 Å². The second kappa shape index (κ2) is 24.5. The van der Waals surface area contributed by atoms with Crippen molar-refractivity contribution in [3.63, 3.8) is 0 Å². The molecule has 18 heteroatoms. The second-order valence-corrected chi connectivity index (χ2v) is 37.4. The molecule has 6 aliphatic rings. The van der Waals surface area contributed by atoms with Crippen LogP contribution in [0.4, 0.5) is 35.7 Å². The van der Waals surface area contributed by atoms with Crippen LogP contribution in [0.1, 0.15) is 269 Å². The lowest BCUT2D eigenvalue weighted by Crippen LogP contribution is -2.63. The number of hydrogen-bond acceptors (Lipinski definition) is 18. The molecule has 0 aromatic carbocycles. The van der Waals surface area contributed by atoms with Crippen LogP contribution in [0.2, 0.25) is 0 Å². The molecule has 2 aromatic heterocycles. The summed E-state index contributed by atoms with van der Waals surface area (Å²) in [5.74, 6) is 4.71. The van der Waals surface area contributed by atoms with Crippen molar-refractivity contribution >= 4 is 35.7 Å². The van der Waals surface area contributed by atoms with Crippen LogP contribution in [0.25, 0.3) is 0 Å². The summed E-state index contributed by atoms with van der Waals surface area (Å²) in [6.45, 7) is 58.2. The van der Waals surface area contributed by atoms with Crippen LogP contribution in [0.3, 0.4) is 0 Å². The van der Waals surface area contributed by atoms with Crippen molar-refractivity contribution in [3.8, 4) is 0 Å². The molecule has 502 valence electrons. The molecule has 0 spiro atoms. The quantitative estimate of drug-likeness (QED) is 0.0734. The average Bonchev–Trinajstić information content (AvgIpc) is 0.827. The summed E-state index contributed by atoms with van der Waals surface area (Å²) in [4.78, 5) is 48.4. The first-order valence-electron chi connectivity index (χ1n) is 34.6. The van der Waals surface area contributed by atoms with E-state index in [1.54, 1.807) is 0 Å². The SMILES string of the molecule is CN(c1nc(N(C)C2CC(C)(C)NC(C)(C)C2)nc(N(CCCCCCN(c2nc(N(C)C3CC(C)(C)NC(C)(C)C3)nc(N(C)C3CC(C)(C)NC(C)(C)C3)n2)C2CC(C)(C)NC(C)(C)C2)C2CC(C)(C)NC(C)(C)C2)n1)C1CC(C)(C)NC(C)(C)C1. The van der Waals surface area contributed by atoms with Crippen LogP contribution in [-0.4, -0.2) is 174 Å². The molecule has 18 nitrogen and oxygen atoms in total. The molecule has 0 atom stereocenters. The maximum Gasteiger partial charge on any atom is 0.232 e. The van der Waals surface area contributed by atoms with E-state index in [2.05, 4.69) is 256 Å². The number of nitrogens with zero attached hydrogens (tertiary/aromatic N) is 12. The van der Waals surface area contributed by atoms with Gasteiger partial charge >= 0.3 is 0 Å². The first-order valence-corrected chi connectivity index (χ1v) is 34.6. The number of rotatable bonds is 19. The van der Waals surface area contributed by atoms with Crippen molar-refractivity contribution < 1.29 is 0 Å². The molecule has 8 heterocycles. The van der Waals surface area contributed by atoms with Gasteiger partial charge in [0.1, 0.15) is 0 Å². The highest BCUT2D eigenvalue weighted by Crippen LogP contribution is 2.41. The highest BCUT2D eigenvalue weighted by atomic mass is 15.4. The van der Waals surface area contributed by atoms with Crippen LogP contribution in [0, 0.1) is 0 Å². The molecular formula is C70H132N18. The van der Waals surface area contributed by atoms with Gasteiger partial charge in [-0.25, -0.2) is 0 Å². The van der Waals surface area contributed by atoms with Gasteiger partial charge in [0.25, 0.3) is 0 Å². The Bertz CT molecular complexity index is 2300. The van der Waals surface area contributed by atoms with Gasteiger partial charge in [0.05, 0.1) is 0 Å². The van der Waals surface area contributed by atoms with Crippen molar-refractivity contribution in [1.82, 2.24) is 61.8 Å². The van der Waals surface area contributed by atoms with Gasteiger partial charge in [0.15, 0.2) is 0 Å². The Morgan fingerprint density at radius 2 is 0.386 bits per heavy atom. The van der Waals surface area contributed by atoms with Crippen molar-refractivity contribution in [2.24, 2.45) is 0 Å². The van der Waals surface area contributed by atoms with E-state index in [0.717, 1.165) is 152 Å². The third kappa shape index (κ3) is 18.2. The van der Waals surface area contributed by atoms with E-state index in [4.69, 9.17) is 29.9 Å². The molecule has 0 bridgehead atoms. The van der Waals surface area contributed by atoms with E-state index >= 15 is 0 Å². The van der Waals surface area contributed by atoms with E-state index in [0.29, 0.717) is 0 Å². The number of piperidine rings is 6. The van der Waals surface area contributed by atoms with Crippen LogP contribution >= 0.6 is 0 Å². The molecule has 0 saturated carbocycles. The fraction of sp³-hybridized carbons (Fsp3) is 0.914. The highest BCUT2D eigenvalue weighted by molar-refractivity contribution is 5.50. The topological polar surface area (TPSA) is 169 Å². The lowest BCUT2D eigenvalue weighted by molar-refractivity contribution is 0.156. The molecule has 0 unspecified atom stereocenters. The van der Waals surface area contributed by atoms with Gasteiger partial charge in [-0.15, -0.1) is 0 Å². The van der Waals surface area contributed by atoms with Crippen molar-refractivity contribution in [2.45, 2.75) is 372 Å². The molecule has 6 saturated heterocycles. The smallest absolute Gasteiger partial charge is 0.232 e. The van der Waals surface area contributed by atoms with Gasteiger partial charge in [0, 0.05) is 144 Å². The third-order valence-corrected chi connectivity index (χ3v) is 20.6. The molecule has 2 aromatic rings. The number of unbranched alkanes of at least 4 members (excludes halogenated alkanes) is 3. The Balaban J connectivity index is 1.13. The van der Waals surface area contributed by atoms with Gasteiger partial charge < -0.3 is 61.3 Å². The molecule has 6 N–H and O–H groups in total. The molecule has 6 aliphatic heterocycles. The minimum Gasteiger partial charge on any atom is -0.341 e. The summed E-state index contributed by atoms with van der Waals surface area (Å²) in [6, 6.07) is 1.48. The largest absolute Gasteiger partial charge is 0.341 e. The molecule has 8 rings (SSSR count). The minimum atomic E-state index is -0.0728. The lowest BCUT2D eigenvalue weighted by atomic mass is 9.79. The Labute approximate surface area is 537 Å². The first kappa shape index (κ1) is 70.4. The van der Waals surface area contributed by atoms with E-state index in [-0.39, 0.29) is 103 Å². The number of aromatic nitrogens is 6. The Morgan fingerprint density at radius 1 is 0.239 bits per heavy atom. The molecule has 6 fully saturated rings. The zero-order valence-corrected chi connectivity index (χ0v) is 61.6. The molecule has 0 radical (unpaired) electrons.